The monoisotopic (exact) mass is 448 g/mol. The van der Waals surface area contributed by atoms with Crippen molar-refractivity contribution in [2.75, 3.05) is 6.61 Å². The van der Waals surface area contributed by atoms with Crippen molar-refractivity contribution in [2.24, 2.45) is 5.92 Å². The van der Waals surface area contributed by atoms with Crippen LogP contribution in [0.15, 0.2) is 42.6 Å². The maximum atomic E-state index is 13.6. The van der Waals surface area contributed by atoms with Gasteiger partial charge in [-0.1, -0.05) is 6.92 Å². The lowest BCUT2D eigenvalue weighted by atomic mass is 9.57. The molecule has 1 fully saturated rings. The van der Waals surface area contributed by atoms with Gasteiger partial charge in [-0.3, -0.25) is 0 Å². The van der Waals surface area contributed by atoms with E-state index < -0.39 is 17.2 Å². The molecule has 2 aliphatic rings. The van der Waals surface area contributed by atoms with E-state index in [1.54, 1.807) is 23.0 Å². The minimum absolute atomic E-state index is 0.234. The van der Waals surface area contributed by atoms with E-state index in [-0.39, 0.29) is 37.6 Å². The van der Waals surface area contributed by atoms with Crippen LogP contribution in [0.3, 0.4) is 0 Å². The summed E-state index contributed by atoms with van der Waals surface area (Å²) in [7, 11) is 0. The van der Waals surface area contributed by atoms with Crippen molar-refractivity contribution in [1.29, 1.82) is 0 Å². The van der Waals surface area contributed by atoms with Crippen molar-refractivity contribution >= 4 is 10.9 Å². The first-order chi connectivity index (χ1) is 15.2. The molecule has 1 saturated carbocycles. The zero-order valence-corrected chi connectivity index (χ0v) is 17.6. The average molecular weight is 448 g/mol. The molecule has 3 atom stereocenters. The van der Waals surface area contributed by atoms with E-state index in [4.69, 9.17) is 4.74 Å². The second-order valence-corrected chi connectivity index (χ2v) is 9.02. The molecule has 5 rings (SSSR count). The highest BCUT2D eigenvalue weighted by molar-refractivity contribution is 5.83. The first-order valence-corrected chi connectivity index (χ1v) is 10.9. The van der Waals surface area contributed by atoms with Gasteiger partial charge in [-0.15, -0.1) is 0 Å². The Hall–Kier alpha value is -2.61. The molecular formula is C24H24F4N2O2. The van der Waals surface area contributed by atoms with E-state index in [0.29, 0.717) is 24.3 Å². The molecule has 0 radical (unpaired) electrons. The van der Waals surface area contributed by atoms with E-state index in [0.717, 1.165) is 16.5 Å². The summed E-state index contributed by atoms with van der Waals surface area (Å²) in [6, 6.07) is 9.85. The van der Waals surface area contributed by atoms with Gasteiger partial charge >= 0.3 is 6.18 Å². The predicted molar refractivity (Wildman–Crippen MR) is 111 cm³/mol. The summed E-state index contributed by atoms with van der Waals surface area (Å²) in [6.45, 7) is 2.27. The quantitative estimate of drug-likeness (QED) is 0.513. The largest absolute Gasteiger partial charge is 0.493 e. The van der Waals surface area contributed by atoms with Crippen LogP contribution in [0.4, 0.5) is 17.6 Å². The molecule has 3 aromatic rings. The molecule has 0 saturated heterocycles. The van der Waals surface area contributed by atoms with Gasteiger partial charge in [0.2, 0.25) is 0 Å². The van der Waals surface area contributed by atoms with Gasteiger partial charge in [0.05, 0.1) is 24.0 Å². The maximum absolute atomic E-state index is 13.6. The third-order valence-corrected chi connectivity index (χ3v) is 7.51. The van der Waals surface area contributed by atoms with Gasteiger partial charge in [0.25, 0.3) is 0 Å². The third-order valence-electron chi connectivity index (χ3n) is 7.51. The van der Waals surface area contributed by atoms with E-state index in [1.807, 2.05) is 19.1 Å². The van der Waals surface area contributed by atoms with Crippen LogP contribution in [-0.4, -0.2) is 33.3 Å². The molecular weight excluding hydrogens is 424 g/mol. The first-order valence-electron chi connectivity index (χ1n) is 10.9. The molecule has 4 nitrogen and oxygen atoms in total. The Bertz CT molecular complexity index is 1160. The van der Waals surface area contributed by atoms with Crippen molar-refractivity contribution in [3.63, 3.8) is 0 Å². The minimum Gasteiger partial charge on any atom is -0.493 e. The second-order valence-electron chi connectivity index (χ2n) is 9.02. The molecule has 1 N–H and O–H groups in total. The Morgan fingerprint density at radius 2 is 1.94 bits per heavy atom. The van der Waals surface area contributed by atoms with Crippen LogP contribution >= 0.6 is 0 Å². The van der Waals surface area contributed by atoms with Crippen LogP contribution in [0.1, 0.15) is 44.6 Å². The fourth-order valence-electron chi connectivity index (χ4n) is 5.65. The Balaban J connectivity index is 1.61. The number of hydrogen-bond acceptors (Lipinski definition) is 3. The van der Waals surface area contributed by atoms with E-state index in [9.17, 15) is 22.7 Å². The highest BCUT2D eigenvalue weighted by atomic mass is 19.4. The topological polar surface area (TPSA) is 47.3 Å². The molecule has 32 heavy (non-hydrogen) atoms. The smallest absolute Gasteiger partial charge is 0.417 e. The fraction of sp³-hybridized carbons (Fsp3) is 0.458. The summed E-state index contributed by atoms with van der Waals surface area (Å²) < 4.78 is 61.9. The standard InChI is InChI=1S/C24H24F4N2O2/c1-2-22-8-9-23(31,24(26,27)28)13-16(22)7-10-32-21-12-20-15(11-19(21)22)14-29-30(20)18-5-3-17(25)4-6-18/h3-6,11-12,14,16,31H,2,7-10,13H2,1H3/t16-,22-,23-/m1/s1. The number of hydrogen-bond donors (Lipinski definition) is 1. The van der Waals surface area contributed by atoms with Crippen LogP contribution in [0.2, 0.25) is 0 Å². The van der Waals surface area contributed by atoms with Gasteiger partial charge in [0, 0.05) is 22.4 Å². The number of benzene rings is 2. The Morgan fingerprint density at radius 1 is 1.19 bits per heavy atom. The SMILES string of the molecule is CC[C@@]12CC[C@](O)(C(F)(F)F)C[C@H]1CCOc1cc3c(cnn3-c3ccc(F)cc3)cc12. The number of ether oxygens (including phenoxy) is 1. The molecule has 1 aliphatic carbocycles. The van der Waals surface area contributed by atoms with Crippen molar-refractivity contribution in [3.8, 4) is 11.4 Å². The Labute approximate surface area is 182 Å². The molecule has 170 valence electrons. The maximum Gasteiger partial charge on any atom is 0.417 e. The summed E-state index contributed by atoms with van der Waals surface area (Å²) in [5.41, 5.74) is -0.792. The lowest BCUT2D eigenvalue weighted by Crippen LogP contribution is -2.54. The lowest BCUT2D eigenvalue weighted by molar-refractivity contribution is -0.279. The van der Waals surface area contributed by atoms with Gasteiger partial charge in [-0.2, -0.15) is 18.3 Å². The number of rotatable bonds is 2. The first kappa shape index (κ1) is 21.2. The van der Waals surface area contributed by atoms with Crippen molar-refractivity contribution in [1.82, 2.24) is 9.78 Å². The summed E-state index contributed by atoms with van der Waals surface area (Å²) in [4.78, 5) is 0. The van der Waals surface area contributed by atoms with Crippen LogP contribution in [0.25, 0.3) is 16.6 Å². The molecule has 0 bridgehead atoms. The lowest BCUT2D eigenvalue weighted by Gasteiger charge is -2.49. The molecule has 1 aromatic heterocycles. The van der Waals surface area contributed by atoms with Crippen LogP contribution in [0, 0.1) is 11.7 Å². The highest BCUT2D eigenvalue weighted by Crippen LogP contribution is 2.57. The van der Waals surface area contributed by atoms with Gasteiger partial charge in [0.15, 0.2) is 5.60 Å². The zero-order chi connectivity index (χ0) is 22.7. The normalized spacial score (nSPS) is 28.0. The zero-order valence-electron chi connectivity index (χ0n) is 17.6. The van der Waals surface area contributed by atoms with Crippen LogP contribution in [-0.2, 0) is 5.41 Å². The second kappa shape index (κ2) is 7.20. The highest BCUT2D eigenvalue weighted by Gasteiger charge is 2.60. The number of nitrogens with zero attached hydrogens (tertiary/aromatic N) is 2. The number of aromatic nitrogens is 2. The molecule has 0 unspecified atom stereocenters. The van der Waals surface area contributed by atoms with Gasteiger partial charge in [-0.05, 0) is 68.4 Å². The fourth-order valence-corrected chi connectivity index (χ4v) is 5.65. The number of alkyl halides is 3. The number of halogens is 4. The molecule has 0 amide bonds. The van der Waals surface area contributed by atoms with Crippen molar-refractivity contribution < 1.29 is 27.4 Å². The number of fused-ring (bicyclic) bond motifs is 4. The number of aliphatic hydroxyl groups is 1. The van der Waals surface area contributed by atoms with E-state index in [1.165, 1.54) is 12.1 Å². The molecule has 2 heterocycles. The van der Waals surface area contributed by atoms with Crippen molar-refractivity contribution in [3.05, 3.63) is 54.0 Å². The Morgan fingerprint density at radius 3 is 2.62 bits per heavy atom. The summed E-state index contributed by atoms with van der Waals surface area (Å²) in [5, 5.41) is 15.7. The molecule has 0 spiro atoms. The molecule has 1 aliphatic heterocycles. The van der Waals surface area contributed by atoms with Crippen LogP contribution < -0.4 is 4.74 Å². The molecule has 2 aromatic carbocycles. The van der Waals surface area contributed by atoms with Gasteiger partial charge in [0.1, 0.15) is 11.6 Å². The predicted octanol–water partition coefficient (Wildman–Crippen LogP) is 5.69. The van der Waals surface area contributed by atoms with Crippen molar-refractivity contribution in [2.45, 2.75) is 56.2 Å². The van der Waals surface area contributed by atoms with E-state index >= 15 is 0 Å². The third kappa shape index (κ3) is 3.10. The average Bonchev–Trinajstić information content (AvgIpc) is 3.09. The Kier molecular flexibility index (Phi) is 4.78. The summed E-state index contributed by atoms with van der Waals surface area (Å²) in [6.07, 6.45) is -2.26. The summed E-state index contributed by atoms with van der Waals surface area (Å²) in [5.74, 6) is -0.0451. The molecule has 8 heteroatoms. The van der Waals surface area contributed by atoms with Gasteiger partial charge < -0.3 is 9.84 Å². The summed E-state index contributed by atoms with van der Waals surface area (Å²) >= 11 is 0. The van der Waals surface area contributed by atoms with E-state index in [2.05, 4.69) is 5.10 Å². The van der Waals surface area contributed by atoms with Crippen LogP contribution in [0.5, 0.6) is 5.75 Å². The van der Waals surface area contributed by atoms with Gasteiger partial charge in [-0.25, -0.2) is 9.07 Å². The minimum atomic E-state index is -4.65.